The van der Waals surface area contributed by atoms with Crippen LogP contribution in [0.5, 0.6) is 0 Å². The Bertz CT molecular complexity index is 858. The third-order valence-corrected chi connectivity index (χ3v) is 8.20. The molecule has 0 aromatic carbocycles. The minimum Gasteiger partial charge on any atom is -0.394 e. The van der Waals surface area contributed by atoms with E-state index in [9.17, 15) is 30.3 Å². The summed E-state index contributed by atoms with van der Waals surface area (Å²) in [5, 5.41) is 53.5. The lowest BCUT2D eigenvalue weighted by Crippen LogP contribution is -2.60. The molecule has 0 spiro atoms. The summed E-state index contributed by atoms with van der Waals surface area (Å²) in [6, 6.07) is -0.722. The summed E-state index contributed by atoms with van der Waals surface area (Å²) in [6.45, 7) is 3.55. The molecule has 1 heterocycles. The zero-order chi connectivity index (χ0) is 33.8. The van der Waals surface area contributed by atoms with E-state index < -0.39 is 49.5 Å². The van der Waals surface area contributed by atoms with Crippen LogP contribution in [-0.4, -0.2) is 87.5 Å². The second-order valence-corrected chi connectivity index (χ2v) is 12.3. The largest absolute Gasteiger partial charge is 0.394 e. The summed E-state index contributed by atoms with van der Waals surface area (Å²) in [5.41, 5.74) is 0. The predicted octanol–water partition coefficient (Wildman–Crippen LogP) is 5.54. The maximum absolute atomic E-state index is 12.7. The van der Waals surface area contributed by atoms with Crippen molar-refractivity contribution < 1.29 is 39.8 Å². The second-order valence-electron chi connectivity index (χ2n) is 12.3. The molecule has 6 N–H and O–H groups in total. The zero-order valence-electron chi connectivity index (χ0n) is 28.6. The monoisotopic (exact) mass is 651 g/mol. The first-order valence-corrected chi connectivity index (χ1v) is 17.8. The van der Waals surface area contributed by atoms with E-state index in [1.807, 2.05) is 0 Å². The Morgan fingerprint density at radius 1 is 0.761 bits per heavy atom. The van der Waals surface area contributed by atoms with E-state index in [-0.39, 0.29) is 12.5 Å². The number of ether oxygens (including phenoxy) is 2. The third kappa shape index (κ3) is 19.7. The highest BCUT2D eigenvalue weighted by Gasteiger charge is 2.44. The van der Waals surface area contributed by atoms with Crippen molar-refractivity contribution in [2.45, 2.75) is 166 Å². The van der Waals surface area contributed by atoms with Gasteiger partial charge in [0.25, 0.3) is 0 Å². The molecule has 7 unspecified atom stereocenters. The van der Waals surface area contributed by atoms with Gasteiger partial charge in [0.1, 0.15) is 24.4 Å². The van der Waals surface area contributed by atoms with Crippen LogP contribution in [-0.2, 0) is 14.3 Å². The van der Waals surface area contributed by atoms with Crippen LogP contribution in [0.3, 0.4) is 0 Å². The Kier molecular flexibility index (Phi) is 25.8. The fraction of sp³-hybridized carbons (Fsp3) is 0.757. The Morgan fingerprint density at radius 2 is 1.35 bits per heavy atom. The number of carbonyl (C=O) groups excluding carboxylic acids is 1. The Hall–Kier alpha value is -1.85. The first-order chi connectivity index (χ1) is 22.3. The average molecular weight is 652 g/mol. The van der Waals surface area contributed by atoms with Crippen molar-refractivity contribution >= 4 is 5.91 Å². The SMILES string of the molecule is CC/C=C\C/C=C\C/C=C\C/C=C\CCCCCCCCC(=O)NC(COC1OC(CO)C(O)C(O)C1O)C(O)CCCCCC. The van der Waals surface area contributed by atoms with E-state index in [1.165, 1.54) is 12.8 Å². The van der Waals surface area contributed by atoms with Gasteiger partial charge >= 0.3 is 0 Å². The molecule has 0 radical (unpaired) electrons. The summed E-state index contributed by atoms with van der Waals surface area (Å²) >= 11 is 0. The smallest absolute Gasteiger partial charge is 0.220 e. The second kappa shape index (κ2) is 28.2. The highest BCUT2D eigenvalue weighted by molar-refractivity contribution is 5.76. The van der Waals surface area contributed by atoms with E-state index in [4.69, 9.17) is 9.47 Å². The molecule has 46 heavy (non-hydrogen) atoms. The molecular weight excluding hydrogens is 586 g/mol. The zero-order valence-corrected chi connectivity index (χ0v) is 28.6. The van der Waals surface area contributed by atoms with E-state index in [1.54, 1.807) is 0 Å². The Morgan fingerprint density at radius 3 is 1.98 bits per heavy atom. The summed E-state index contributed by atoms with van der Waals surface area (Å²) in [5.74, 6) is -0.172. The number of rotatable bonds is 27. The van der Waals surface area contributed by atoms with E-state index in [2.05, 4.69) is 67.8 Å². The van der Waals surface area contributed by atoms with E-state index in [0.717, 1.165) is 83.5 Å². The van der Waals surface area contributed by atoms with Gasteiger partial charge < -0.3 is 40.3 Å². The van der Waals surface area contributed by atoms with Crippen molar-refractivity contribution in [3.8, 4) is 0 Å². The van der Waals surface area contributed by atoms with Crippen LogP contribution >= 0.6 is 0 Å². The van der Waals surface area contributed by atoms with Crippen molar-refractivity contribution in [1.82, 2.24) is 5.32 Å². The van der Waals surface area contributed by atoms with Gasteiger partial charge in [-0.15, -0.1) is 0 Å². The highest BCUT2D eigenvalue weighted by Crippen LogP contribution is 2.22. The van der Waals surface area contributed by atoms with Gasteiger partial charge in [0.2, 0.25) is 5.91 Å². The lowest BCUT2D eigenvalue weighted by molar-refractivity contribution is -0.302. The molecule has 0 aliphatic carbocycles. The molecule has 9 nitrogen and oxygen atoms in total. The number of aliphatic hydroxyl groups excluding tert-OH is 5. The highest BCUT2D eigenvalue weighted by atomic mass is 16.7. The van der Waals surface area contributed by atoms with Crippen LogP contribution in [0.1, 0.15) is 123 Å². The maximum Gasteiger partial charge on any atom is 0.220 e. The summed E-state index contributed by atoms with van der Waals surface area (Å²) in [4.78, 5) is 12.7. The topological polar surface area (TPSA) is 149 Å². The number of nitrogens with one attached hydrogen (secondary N) is 1. The number of carbonyl (C=O) groups is 1. The fourth-order valence-electron chi connectivity index (χ4n) is 5.27. The minimum absolute atomic E-state index is 0.150. The molecule has 0 bridgehead atoms. The number of unbranched alkanes of at least 4 members (excludes halogenated alkanes) is 9. The molecule has 0 aromatic rings. The van der Waals surface area contributed by atoms with Crippen molar-refractivity contribution in [3.63, 3.8) is 0 Å². The Labute approximate surface area is 278 Å². The average Bonchev–Trinajstić information content (AvgIpc) is 3.05. The molecule has 9 heteroatoms. The normalized spacial score (nSPS) is 23.7. The molecule has 266 valence electrons. The van der Waals surface area contributed by atoms with Crippen molar-refractivity contribution in [3.05, 3.63) is 48.6 Å². The lowest BCUT2D eigenvalue weighted by Gasteiger charge is -2.40. The molecule has 1 aliphatic rings. The van der Waals surface area contributed by atoms with Crippen LogP contribution < -0.4 is 5.32 Å². The number of allylic oxidation sites excluding steroid dienone is 8. The summed E-state index contributed by atoms with van der Waals surface area (Å²) in [7, 11) is 0. The lowest BCUT2D eigenvalue weighted by atomic mass is 9.99. The molecule has 1 aliphatic heterocycles. The van der Waals surface area contributed by atoms with Gasteiger partial charge in [0, 0.05) is 6.42 Å². The quantitative estimate of drug-likeness (QED) is 0.0501. The molecule has 1 saturated heterocycles. The van der Waals surface area contributed by atoms with Gasteiger partial charge in [0.05, 0.1) is 25.4 Å². The van der Waals surface area contributed by atoms with Crippen LogP contribution in [0.15, 0.2) is 48.6 Å². The van der Waals surface area contributed by atoms with Gasteiger partial charge in [-0.25, -0.2) is 0 Å². The molecule has 1 fully saturated rings. The summed E-state index contributed by atoms with van der Waals surface area (Å²) in [6.07, 6.45) is 26.1. The van der Waals surface area contributed by atoms with Crippen LogP contribution in [0, 0.1) is 0 Å². The van der Waals surface area contributed by atoms with E-state index >= 15 is 0 Å². The summed E-state index contributed by atoms with van der Waals surface area (Å²) < 4.78 is 11.1. The van der Waals surface area contributed by atoms with Gasteiger partial charge in [-0.1, -0.05) is 114 Å². The number of aliphatic hydroxyl groups is 5. The maximum atomic E-state index is 12.7. The van der Waals surface area contributed by atoms with Crippen molar-refractivity contribution in [2.75, 3.05) is 13.2 Å². The number of hydrogen-bond donors (Lipinski definition) is 6. The first kappa shape index (κ1) is 42.2. The standard InChI is InChI=1S/C37H65NO8/c1-3-5-7-9-10-11-12-13-14-15-16-17-18-19-20-21-22-23-25-27-33(41)38-30(31(40)26-24-8-6-4-2)29-45-37-36(44)35(43)34(42)32(28-39)46-37/h5,7,10-11,13-14,16-17,30-32,34-37,39-40,42-44H,3-4,6,8-9,12,15,18-29H2,1-2H3,(H,38,41)/b7-5-,11-10-,14-13-,17-16-. The van der Waals surface area contributed by atoms with Crippen LogP contribution in [0.25, 0.3) is 0 Å². The number of amides is 1. The van der Waals surface area contributed by atoms with Gasteiger partial charge in [-0.3, -0.25) is 4.79 Å². The molecular formula is C37H65NO8. The van der Waals surface area contributed by atoms with E-state index in [0.29, 0.717) is 12.8 Å². The molecule has 1 amide bonds. The minimum atomic E-state index is -1.55. The van der Waals surface area contributed by atoms with Gasteiger partial charge in [-0.2, -0.15) is 0 Å². The Balaban J connectivity index is 2.29. The fourth-order valence-corrected chi connectivity index (χ4v) is 5.27. The van der Waals surface area contributed by atoms with Crippen LogP contribution in [0.4, 0.5) is 0 Å². The molecule has 7 atom stereocenters. The molecule has 0 aromatic heterocycles. The number of hydrogen-bond acceptors (Lipinski definition) is 8. The first-order valence-electron chi connectivity index (χ1n) is 17.8. The van der Waals surface area contributed by atoms with Gasteiger partial charge in [-0.05, 0) is 51.4 Å². The molecule has 1 rings (SSSR count). The van der Waals surface area contributed by atoms with Crippen LogP contribution in [0.2, 0.25) is 0 Å². The van der Waals surface area contributed by atoms with Crippen molar-refractivity contribution in [2.24, 2.45) is 0 Å². The van der Waals surface area contributed by atoms with Gasteiger partial charge in [0.15, 0.2) is 6.29 Å². The third-order valence-electron chi connectivity index (χ3n) is 8.20. The molecule has 0 saturated carbocycles. The van der Waals surface area contributed by atoms with Crippen molar-refractivity contribution in [1.29, 1.82) is 0 Å². The predicted molar refractivity (Wildman–Crippen MR) is 184 cm³/mol.